The van der Waals surface area contributed by atoms with Crippen LogP contribution < -0.4 is 15.4 Å². The molecule has 0 fully saturated rings. The molecule has 0 saturated heterocycles. The summed E-state index contributed by atoms with van der Waals surface area (Å²) < 4.78 is 31.5. The minimum atomic E-state index is -0.708. The van der Waals surface area contributed by atoms with Crippen LogP contribution in [0.4, 0.5) is 8.78 Å². The fourth-order valence-electron chi connectivity index (χ4n) is 2.11. The van der Waals surface area contributed by atoms with Crippen LogP contribution in [0, 0.1) is 11.6 Å². The number of nitrogens with zero attached hydrogens (tertiary/aromatic N) is 1. The van der Waals surface area contributed by atoms with E-state index in [9.17, 15) is 8.78 Å². The summed E-state index contributed by atoms with van der Waals surface area (Å²) in [5.74, 6) is -0.652. The molecule has 2 aromatic rings. The second-order valence-electron chi connectivity index (χ2n) is 5.08. The molecule has 0 aliphatic heterocycles. The highest BCUT2D eigenvalue weighted by Gasteiger charge is 2.04. The minimum absolute atomic E-state index is 0. The molecular weight excluding hydrogens is 439 g/mol. The molecule has 4 nitrogen and oxygen atoms in total. The molecule has 0 aliphatic rings. The average Bonchev–Trinajstić information content (AvgIpc) is 2.59. The molecule has 0 atom stereocenters. The maximum absolute atomic E-state index is 13.4. The average molecular weight is 461 g/mol. The van der Waals surface area contributed by atoms with Gasteiger partial charge in [0, 0.05) is 19.7 Å². The molecule has 2 aromatic carbocycles. The summed E-state index contributed by atoms with van der Waals surface area (Å²) >= 11 is 0. The predicted octanol–water partition coefficient (Wildman–Crippen LogP) is 3.37. The summed E-state index contributed by atoms with van der Waals surface area (Å²) in [5, 5.41) is 6.27. The third-order valence-corrected chi connectivity index (χ3v) is 3.32. The topological polar surface area (TPSA) is 45.7 Å². The van der Waals surface area contributed by atoms with Crippen LogP contribution in [0.2, 0.25) is 0 Å². The van der Waals surface area contributed by atoms with E-state index in [2.05, 4.69) is 27.8 Å². The van der Waals surface area contributed by atoms with Crippen molar-refractivity contribution in [1.29, 1.82) is 0 Å². The van der Waals surface area contributed by atoms with E-state index in [1.807, 2.05) is 18.2 Å². The zero-order valence-corrected chi connectivity index (χ0v) is 16.3. The summed E-state index contributed by atoms with van der Waals surface area (Å²) in [6.07, 6.45) is 0.888. The summed E-state index contributed by atoms with van der Waals surface area (Å²) in [7, 11) is 1.68. The fraction of sp³-hybridized carbons (Fsp3) is 0.278. The van der Waals surface area contributed by atoms with Crippen molar-refractivity contribution in [1.82, 2.24) is 10.6 Å². The Morgan fingerprint density at radius 1 is 1.04 bits per heavy atom. The molecule has 0 spiro atoms. The lowest BCUT2D eigenvalue weighted by atomic mass is 10.1. The molecule has 0 saturated carbocycles. The van der Waals surface area contributed by atoms with Crippen LogP contribution in [0.5, 0.6) is 5.75 Å². The first kappa shape index (κ1) is 21.1. The molecule has 0 bridgehead atoms. The number of guanidine groups is 1. The molecule has 0 heterocycles. The quantitative estimate of drug-likeness (QED) is 0.288. The predicted molar refractivity (Wildman–Crippen MR) is 107 cm³/mol. The van der Waals surface area contributed by atoms with Crippen molar-refractivity contribution in [3.8, 4) is 5.75 Å². The Kier molecular flexibility index (Phi) is 9.83. The van der Waals surface area contributed by atoms with Crippen molar-refractivity contribution in [3.05, 3.63) is 65.7 Å². The first-order valence-electron chi connectivity index (χ1n) is 7.75. The Morgan fingerprint density at radius 2 is 1.76 bits per heavy atom. The van der Waals surface area contributed by atoms with Crippen LogP contribution in [0.3, 0.4) is 0 Å². The second-order valence-corrected chi connectivity index (χ2v) is 5.08. The molecule has 2 rings (SSSR count). The van der Waals surface area contributed by atoms with Gasteiger partial charge in [-0.2, -0.15) is 0 Å². The third kappa shape index (κ3) is 7.68. The normalized spacial score (nSPS) is 10.8. The molecule has 7 heteroatoms. The van der Waals surface area contributed by atoms with Gasteiger partial charge in [0.15, 0.2) is 17.5 Å². The SMILES string of the molecule is CN=C(NCCOc1ccc(F)cc1F)NCCc1ccccc1.I. The highest BCUT2D eigenvalue weighted by molar-refractivity contribution is 14.0. The van der Waals surface area contributed by atoms with Gasteiger partial charge in [0.25, 0.3) is 0 Å². The van der Waals surface area contributed by atoms with Gasteiger partial charge in [-0.1, -0.05) is 30.3 Å². The first-order chi connectivity index (χ1) is 11.7. The Hall–Kier alpha value is -1.90. The van der Waals surface area contributed by atoms with E-state index in [4.69, 9.17) is 4.74 Å². The van der Waals surface area contributed by atoms with Crippen LogP contribution in [-0.2, 0) is 6.42 Å². The van der Waals surface area contributed by atoms with Gasteiger partial charge < -0.3 is 15.4 Å². The van der Waals surface area contributed by atoms with Crippen molar-refractivity contribution in [3.63, 3.8) is 0 Å². The minimum Gasteiger partial charge on any atom is -0.489 e. The summed E-state index contributed by atoms with van der Waals surface area (Å²) in [4.78, 5) is 4.11. The van der Waals surface area contributed by atoms with Crippen LogP contribution in [0.15, 0.2) is 53.5 Å². The maximum atomic E-state index is 13.4. The number of nitrogens with one attached hydrogen (secondary N) is 2. The number of aliphatic imine (C=N–C) groups is 1. The molecule has 2 N–H and O–H groups in total. The van der Waals surface area contributed by atoms with E-state index in [-0.39, 0.29) is 36.3 Å². The van der Waals surface area contributed by atoms with Crippen molar-refractivity contribution in [2.45, 2.75) is 6.42 Å². The van der Waals surface area contributed by atoms with E-state index in [1.165, 1.54) is 11.6 Å². The third-order valence-electron chi connectivity index (χ3n) is 3.32. The van der Waals surface area contributed by atoms with E-state index in [1.54, 1.807) is 7.05 Å². The fourth-order valence-corrected chi connectivity index (χ4v) is 2.11. The summed E-state index contributed by atoms with van der Waals surface area (Å²) in [5.41, 5.74) is 1.25. The largest absolute Gasteiger partial charge is 0.489 e. The second kappa shape index (κ2) is 11.6. The van der Waals surface area contributed by atoms with Crippen LogP contribution >= 0.6 is 24.0 Å². The molecule has 25 heavy (non-hydrogen) atoms. The van der Waals surface area contributed by atoms with Gasteiger partial charge in [-0.3, -0.25) is 4.99 Å². The van der Waals surface area contributed by atoms with Gasteiger partial charge >= 0.3 is 0 Å². The summed E-state index contributed by atoms with van der Waals surface area (Å²) in [6, 6.07) is 13.4. The zero-order chi connectivity index (χ0) is 17.2. The van der Waals surface area contributed by atoms with Gasteiger partial charge in [0.2, 0.25) is 0 Å². The molecule has 0 amide bonds. The first-order valence-corrected chi connectivity index (χ1v) is 7.75. The number of ether oxygens (including phenoxy) is 1. The van der Waals surface area contributed by atoms with Gasteiger partial charge in [-0.25, -0.2) is 8.78 Å². The number of benzene rings is 2. The lowest BCUT2D eigenvalue weighted by Crippen LogP contribution is -2.40. The van der Waals surface area contributed by atoms with Crippen LogP contribution in [0.25, 0.3) is 0 Å². The highest BCUT2D eigenvalue weighted by atomic mass is 127. The Bertz CT molecular complexity index is 669. The van der Waals surface area contributed by atoms with E-state index in [0.717, 1.165) is 25.1 Å². The Balaban J connectivity index is 0.00000312. The molecule has 0 aromatic heterocycles. The van der Waals surface area contributed by atoms with Crippen LogP contribution in [0.1, 0.15) is 5.56 Å². The molecule has 0 radical (unpaired) electrons. The van der Waals surface area contributed by atoms with Gasteiger partial charge in [0.05, 0.1) is 6.54 Å². The van der Waals surface area contributed by atoms with Crippen molar-refractivity contribution < 1.29 is 13.5 Å². The standard InChI is InChI=1S/C18H21F2N3O.HI/c1-21-18(22-10-9-14-5-3-2-4-6-14)23-11-12-24-17-8-7-15(19)13-16(17)20;/h2-8,13H,9-12H2,1H3,(H2,21,22,23);1H. The van der Waals surface area contributed by atoms with E-state index in [0.29, 0.717) is 12.5 Å². The van der Waals surface area contributed by atoms with E-state index >= 15 is 0 Å². The number of hydrogen-bond donors (Lipinski definition) is 2. The molecule has 0 unspecified atom stereocenters. The Morgan fingerprint density at radius 3 is 2.44 bits per heavy atom. The van der Waals surface area contributed by atoms with Gasteiger partial charge in [-0.05, 0) is 24.1 Å². The van der Waals surface area contributed by atoms with Crippen molar-refractivity contribution in [2.75, 3.05) is 26.7 Å². The number of rotatable bonds is 7. The zero-order valence-electron chi connectivity index (χ0n) is 14.0. The lowest BCUT2D eigenvalue weighted by molar-refractivity contribution is 0.304. The van der Waals surface area contributed by atoms with Crippen LogP contribution in [-0.4, -0.2) is 32.7 Å². The number of halogens is 3. The highest BCUT2D eigenvalue weighted by Crippen LogP contribution is 2.17. The maximum Gasteiger partial charge on any atom is 0.191 e. The molecular formula is C18H22F2IN3O. The van der Waals surface area contributed by atoms with Gasteiger partial charge in [0.1, 0.15) is 12.4 Å². The lowest BCUT2D eigenvalue weighted by Gasteiger charge is -2.12. The molecule has 136 valence electrons. The van der Waals surface area contributed by atoms with E-state index < -0.39 is 11.6 Å². The smallest absolute Gasteiger partial charge is 0.191 e. The summed E-state index contributed by atoms with van der Waals surface area (Å²) in [6.45, 7) is 1.43. The van der Waals surface area contributed by atoms with Crippen molar-refractivity contribution in [2.24, 2.45) is 4.99 Å². The van der Waals surface area contributed by atoms with Crippen molar-refractivity contribution >= 4 is 29.9 Å². The Labute approximate surface area is 163 Å². The van der Waals surface area contributed by atoms with Gasteiger partial charge in [-0.15, -0.1) is 24.0 Å². The monoisotopic (exact) mass is 461 g/mol. The molecule has 0 aliphatic carbocycles. The number of hydrogen-bond acceptors (Lipinski definition) is 2.